The van der Waals surface area contributed by atoms with Crippen LogP contribution in [0.4, 0.5) is 0 Å². The predicted molar refractivity (Wildman–Crippen MR) is 73.1 cm³/mol. The van der Waals surface area contributed by atoms with E-state index in [2.05, 4.69) is 20.3 Å². The largest absolute Gasteiger partial charge is 0.472 e. The number of nitrogens with zero attached hydrogens (tertiary/aromatic N) is 2. The fourth-order valence-electron chi connectivity index (χ4n) is 1.23. The molecule has 1 aromatic rings. The summed E-state index contributed by atoms with van der Waals surface area (Å²) in [5.74, 6) is 0.140. The van der Waals surface area contributed by atoms with Gasteiger partial charge in [0.2, 0.25) is 5.91 Å². The van der Waals surface area contributed by atoms with Gasteiger partial charge in [-0.1, -0.05) is 5.16 Å². The van der Waals surface area contributed by atoms with Crippen molar-refractivity contribution < 1.29 is 14.2 Å². The molecule has 1 aromatic heterocycles. The number of aromatic nitrogens is 2. The molecule has 0 aliphatic carbocycles. The highest BCUT2D eigenvalue weighted by Crippen LogP contribution is 2.24. The number of ether oxygens (including phenoxy) is 1. The third kappa shape index (κ3) is 4.39. The van der Waals surface area contributed by atoms with Gasteiger partial charge >= 0.3 is 0 Å². The second-order valence-electron chi connectivity index (χ2n) is 4.58. The summed E-state index contributed by atoms with van der Waals surface area (Å²) in [6.45, 7) is 6.23. The van der Waals surface area contributed by atoms with Crippen molar-refractivity contribution in [3.05, 3.63) is 5.69 Å². The van der Waals surface area contributed by atoms with Gasteiger partial charge in [0.1, 0.15) is 12.3 Å². The fourth-order valence-corrected chi connectivity index (χ4v) is 1.59. The first-order chi connectivity index (χ1) is 8.88. The monoisotopic (exact) mass is 288 g/mol. The van der Waals surface area contributed by atoms with Gasteiger partial charge in [0, 0.05) is 4.75 Å². The van der Waals surface area contributed by atoms with Gasteiger partial charge in [-0.25, -0.2) is 4.63 Å². The van der Waals surface area contributed by atoms with E-state index >= 15 is 0 Å². The van der Waals surface area contributed by atoms with E-state index in [4.69, 9.17) is 10.5 Å². The zero-order valence-electron chi connectivity index (χ0n) is 11.6. The van der Waals surface area contributed by atoms with E-state index in [-0.39, 0.29) is 17.3 Å². The van der Waals surface area contributed by atoms with E-state index in [9.17, 15) is 4.79 Å². The molecular weight excluding hydrogens is 268 g/mol. The summed E-state index contributed by atoms with van der Waals surface area (Å²) in [7, 11) is 0. The predicted octanol–water partition coefficient (Wildman–Crippen LogP) is 0.342. The molecule has 0 saturated heterocycles. The molecule has 0 bridgehead atoms. The average Bonchev–Trinajstić information content (AvgIpc) is 2.79. The van der Waals surface area contributed by atoms with Crippen LogP contribution in [0, 0.1) is 6.92 Å². The van der Waals surface area contributed by atoms with E-state index < -0.39 is 6.04 Å². The lowest BCUT2D eigenvalue weighted by atomic mass is 10.0. The van der Waals surface area contributed by atoms with Crippen LogP contribution in [0.25, 0.3) is 0 Å². The molecule has 108 valence electrons. The summed E-state index contributed by atoms with van der Waals surface area (Å²) in [5.41, 5.74) is 6.47. The van der Waals surface area contributed by atoms with Crippen LogP contribution in [0.2, 0.25) is 0 Å². The maximum Gasteiger partial charge on any atom is 0.278 e. The van der Waals surface area contributed by atoms with E-state index in [1.54, 1.807) is 18.7 Å². The summed E-state index contributed by atoms with van der Waals surface area (Å²) in [4.78, 5) is 11.8. The lowest BCUT2D eigenvalue weighted by Crippen LogP contribution is -2.52. The standard InChI is InChI=1S/C11H20N4O3S/c1-7-10(15-18-14-7)17-6-5-13-9(16)8(12)11(2,3)19-4/h8H,5-6,12H2,1-4H3,(H,13,16)/t8-/m1/s1. The van der Waals surface area contributed by atoms with Gasteiger partial charge in [-0.15, -0.1) is 0 Å². The number of nitrogens with two attached hydrogens (primary N) is 1. The highest BCUT2D eigenvalue weighted by atomic mass is 32.2. The second-order valence-corrected chi connectivity index (χ2v) is 6.04. The number of hydrogen-bond donors (Lipinski definition) is 2. The summed E-state index contributed by atoms with van der Waals surface area (Å²) >= 11 is 1.55. The second kappa shape index (κ2) is 6.76. The van der Waals surface area contributed by atoms with Crippen LogP contribution in [0.1, 0.15) is 19.5 Å². The molecular formula is C11H20N4O3S. The van der Waals surface area contributed by atoms with Crippen molar-refractivity contribution in [2.75, 3.05) is 19.4 Å². The van der Waals surface area contributed by atoms with E-state index in [0.29, 0.717) is 18.1 Å². The molecule has 0 fully saturated rings. The van der Waals surface area contributed by atoms with Crippen molar-refractivity contribution in [2.24, 2.45) is 5.73 Å². The van der Waals surface area contributed by atoms with Gasteiger partial charge in [-0.3, -0.25) is 4.79 Å². The topological polar surface area (TPSA) is 103 Å². The van der Waals surface area contributed by atoms with Gasteiger partial charge in [0.05, 0.1) is 12.6 Å². The number of rotatable bonds is 7. The van der Waals surface area contributed by atoms with Crippen LogP contribution in [0.3, 0.4) is 0 Å². The highest BCUT2D eigenvalue weighted by molar-refractivity contribution is 8.00. The molecule has 8 heteroatoms. The van der Waals surface area contributed by atoms with Crippen LogP contribution in [0.15, 0.2) is 4.63 Å². The average molecular weight is 288 g/mol. The van der Waals surface area contributed by atoms with Crippen molar-refractivity contribution in [3.8, 4) is 5.88 Å². The number of amides is 1. The number of nitrogens with one attached hydrogen (secondary N) is 1. The number of carbonyl (C=O) groups is 1. The Morgan fingerprint density at radius 3 is 2.79 bits per heavy atom. The Morgan fingerprint density at radius 1 is 1.58 bits per heavy atom. The lowest BCUT2D eigenvalue weighted by Gasteiger charge is -2.28. The third-order valence-corrected chi connectivity index (χ3v) is 4.11. The molecule has 0 aliphatic heterocycles. The minimum atomic E-state index is -0.571. The number of thioether (sulfide) groups is 1. The summed E-state index contributed by atoms with van der Waals surface area (Å²) in [5, 5.41) is 9.88. The van der Waals surface area contributed by atoms with Crippen LogP contribution in [-0.4, -0.2) is 46.4 Å². The molecule has 1 amide bonds. The van der Waals surface area contributed by atoms with Gasteiger partial charge in [-0.2, -0.15) is 11.8 Å². The van der Waals surface area contributed by atoms with E-state index in [0.717, 1.165) is 0 Å². The minimum Gasteiger partial charge on any atom is -0.472 e. The SMILES string of the molecule is CSC(C)(C)[C@H](N)C(=O)NCCOc1nonc1C. The Labute approximate surface area is 116 Å². The molecule has 3 N–H and O–H groups in total. The number of hydrogen-bond acceptors (Lipinski definition) is 7. The Hall–Kier alpha value is -1.28. The molecule has 19 heavy (non-hydrogen) atoms. The van der Waals surface area contributed by atoms with Crippen LogP contribution in [-0.2, 0) is 4.79 Å². The third-order valence-electron chi connectivity index (χ3n) is 2.81. The van der Waals surface area contributed by atoms with E-state index in [1.165, 1.54) is 0 Å². The first kappa shape index (κ1) is 15.8. The summed E-state index contributed by atoms with van der Waals surface area (Å²) < 4.78 is 9.47. The molecule has 0 aliphatic rings. The molecule has 0 aromatic carbocycles. The molecule has 0 radical (unpaired) electrons. The fraction of sp³-hybridized carbons (Fsp3) is 0.727. The first-order valence-electron chi connectivity index (χ1n) is 5.89. The zero-order valence-corrected chi connectivity index (χ0v) is 12.4. The zero-order chi connectivity index (χ0) is 14.5. The van der Waals surface area contributed by atoms with Gasteiger partial charge in [0.25, 0.3) is 5.88 Å². The number of carbonyl (C=O) groups excluding carboxylic acids is 1. The molecule has 0 unspecified atom stereocenters. The van der Waals surface area contributed by atoms with Crippen LogP contribution >= 0.6 is 11.8 Å². The molecule has 0 spiro atoms. The van der Waals surface area contributed by atoms with Gasteiger partial charge < -0.3 is 15.8 Å². The Balaban J connectivity index is 2.30. The Kier molecular flexibility index (Phi) is 5.61. The van der Waals surface area contributed by atoms with Crippen molar-refractivity contribution in [3.63, 3.8) is 0 Å². The van der Waals surface area contributed by atoms with Crippen LogP contribution < -0.4 is 15.8 Å². The summed E-state index contributed by atoms with van der Waals surface area (Å²) in [6, 6.07) is -0.571. The number of aryl methyl sites for hydroxylation is 1. The molecule has 1 heterocycles. The van der Waals surface area contributed by atoms with Gasteiger partial charge in [-0.05, 0) is 32.2 Å². The Bertz CT molecular complexity index is 422. The molecule has 1 rings (SSSR count). The normalized spacial score (nSPS) is 13.1. The van der Waals surface area contributed by atoms with Crippen molar-refractivity contribution in [2.45, 2.75) is 31.6 Å². The van der Waals surface area contributed by atoms with Crippen molar-refractivity contribution in [1.29, 1.82) is 0 Å². The smallest absolute Gasteiger partial charge is 0.278 e. The highest BCUT2D eigenvalue weighted by Gasteiger charge is 2.30. The van der Waals surface area contributed by atoms with Crippen molar-refractivity contribution in [1.82, 2.24) is 15.6 Å². The quantitative estimate of drug-likeness (QED) is 0.697. The minimum absolute atomic E-state index is 0.196. The maximum absolute atomic E-state index is 11.8. The Morgan fingerprint density at radius 2 is 2.26 bits per heavy atom. The maximum atomic E-state index is 11.8. The lowest BCUT2D eigenvalue weighted by molar-refractivity contribution is -0.122. The molecule has 7 nitrogen and oxygen atoms in total. The first-order valence-corrected chi connectivity index (χ1v) is 7.11. The van der Waals surface area contributed by atoms with E-state index in [1.807, 2.05) is 20.1 Å². The summed E-state index contributed by atoms with van der Waals surface area (Å²) in [6.07, 6.45) is 1.93. The molecule has 0 saturated carbocycles. The van der Waals surface area contributed by atoms with Crippen LogP contribution in [0.5, 0.6) is 5.88 Å². The van der Waals surface area contributed by atoms with Crippen molar-refractivity contribution >= 4 is 17.7 Å². The molecule has 1 atom stereocenters. The van der Waals surface area contributed by atoms with Gasteiger partial charge in [0.15, 0.2) is 0 Å².